The lowest BCUT2D eigenvalue weighted by Gasteiger charge is -2.40. The van der Waals surface area contributed by atoms with Crippen molar-refractivity contribution in [2.75, 3.05) is 6.61 Å². The molecule has 0 saturated carbocycles. The molecule has 0 aliphatic carbocycles. The number of imidazole rings is 1. The molecule has 160 valence electrons. The summed E-state index contributed by atoms with van der Waals surface area (Å²) in [5.74, 6) is 0. The van der Waals surface area contributed by atoms with Crippen molar-refractivity contribution in [3.8, 4) is 0 Å². The van der Waals surface area contributed by atoms with Crippen LogP contribution in [0.3, 0.4) is 0 Å². The molecule has 13 heteroatoms. The summed E-state index contributed by atoms with van der Waals surface area (Å²) in [5.41, 5.74) is -0.273. The molecule has 4 rings (SSSR count). The number of hydrogen-bond acceptors (Lipinski definition) is 11. The Morgan fingerprint density at radius 3 is 2.62 bits per heavy atom. The molecule has 0 radical (unpaired) electrons. The largest absolute Gasteiger partial charge is 0.394 e. The summed E-state index contributed by atoms with van der Waals surface area (Å²) in [6.45, 7) is 0.968. The van der Waals surface area contributed by atoms with Crippen molar-refractivity contribution < 1.29 is 39.7 Å². The Bertz CT molecular complexity index is 919. The van der Waals surface area contributed by atoms with Gasteiger partial charge in [-0.2, -0.15) is 0 Å². The molecule has 2 fully saturated rings. The number of aliphatic hydroxyl groups is 5. The minimum absolute atomic E-state index is 0.0397. The van der Waals surface area contributed by atoms with Crippen LogP contribution in [-0.4, -0.2) is 101 Å². The molecule has 2 aliphatic rings. The topological polar surface area (TPSA) is 192 Å². The average molecular weight is 414 g/mol. The highest BCUT2D eigenvalue weighted by molar-refractivity contribution is 5.68. The Balaban J connectivity index is 1.66. The summed E-state index contributed by atoms with van der Waals surface area (Å²) in [6, 6.07) is 0. The van der Waals surface area contributed by atoms with E-state index in [1.165, 1.54) is 24.1 Å². The van der Waals surface area contributed by atoms with Crippen LogP contribution in [-0.2, 0) is 14.2 Å². The number of fused-ring (bicyclic) bond motifs is 1. The lowest BCUT2D eigenvalue weighted by atomic mass is 10.00. The fourth-order valence-corrected chi connectivity index (χ4v) is 3.57. The van der Waals surface area contributed by atoms with Crippen molar-refractivity contribution in [3.05, 3.63) is 23.0 Å². The summed E-state index contributed by atoms with van der Waals surface area (Å²) in [4.78, 5) is 22.4. The van der Waals surface area contributed by atoms with Crippen molar-refractivity contribution >= 4 is 11.2 Å². The summed E-state index contributed by atoms with van der Waals surface area (Å²) in [7, 11) is 0. The number of H-pyrrole nitrogens is 1. The van der Waals surface area contributed by atoms with Crippen LogP contribution in [0.25, 0.3) is 11.2 Å². The van der Waals surface area contributed by atoms with Crippen LogP contribution in [0.4, 0.5) is 0 Å². The molecule has 9 atom stereocenters. The van der Waals surface area contributed by atoms with Crippen LogP contribution in [0, 0.1) is 0 Å². The normalized spacial score (nSPS) is 40.6. The van der Waals surface area contributed by atoms with Gasteiger partial charge in [0.25, 0.3) is 5.56 Å². The Morgan fingerprint density at radius 2 is 1.90 bits per heavy atom. The van der Waals surface area contributed by atoms with E-state index in [-0.39, 0.29) is 11.2 Å². The number of nitrogens with zero attached hydrogens (tertiary/aromatic N) is 3. The maximum atomic E-state index is 11.9. The molecule has 2 aliphatic heterocycles. The third kappa shape index (κ3) is 3.35. The summed E-state index contributed by atoms with van der Waals surface area (Å²) in [6.07, 6.45) is -8.83. The van der Waals surface area contributed by atoms with Crippen molar-refractivity contribution in [1.82, 2.24) is 19.5 Å². The van der Waals surface area contributed by atoms with E-state index >= 15 is 0 Å². The first kappa shape index (κ1) is 20.3. The number of nitrogens with one attached hydrogen (secondary N) is 1. The Kier molecular flexibility index (Phi) is 5.39. The molecular formula is C16H22N4O9. The van der Waals surface area contributed by atoms with E-state index in [0.717, 1.165) is 0 Å². The van der Waals surface area contributed by atoms with Gasteiger partial charge in [-0.3, -0.25) is 9.36 Å². The molecule has 0 aromatic carbocycles. The molecule has 13 nitrogen and oxygen atoms in total. The third-order valence-electron chi connectivity index (χ3n) is 5.23. The fourth-order valence-electron chi connectivity index (χ4n) is 3.57. The lowest BCUT2D eigenvalue weighted by molar-refractivity contribution is -0.313. The van der Waals surface area contributed by atoms with E-state index in [4.69, 9.17) is 14.2 Å². The molecule has 4 heterocycles. The van der Waals surface area contributed by atoms with Gasteiger partial charge >= 0.3 is 0 Å². The highest BCUT2D eigenvalue weighted by atomic mass is 16.7. The minimum atomic E-state index is -1.59. The van der Waals surface area contributed by atoms with Gasteiger partial charge in [-0.15, -0.1) is 0 Å². The Morgan fingerprint density at radius 1 is 1.14 bits per heavy atom. The highest BCUT2D eigenvalue weighted by Gasteiger charge is 2.50. The highest BCUT2D eigenvalue weighted by Crippen LogP contribution is 2.35. The van der Waals surface area contributed by atoms with Crippen LogP contribution in [0.1, 0.15) is 13.2 Å². The second kappa shape index (κ2) is 7.70. The minimum Gasteiger partial charge on any atom is -0.394 e. The van der Waals surface area contributed by atoms with E-state index < -0.39 is 67.4 Å². The summed E-state index contributed by atoms with van der Waals surface area (Å²) < 4.78 is 18.2. The molecule has 0 amide bonds. The van der Waals surface area contributed by atoms with E-state index in [2.05, 4.69) is 15.0 Å². The predicted octanol–water partition coefficient (Wildman–Crippen LogP) is -3.42. The predicted molar refractivity (Wildman–Crippen MR) is 92.4 cm³/mol. The van der Waals surface area contributed by atoms with Crippen LogP contribution >= 0.6 is 0 Å². The molecule has 0 unspecified atom stereocenters. The number of ether oxygens (including phenoxy) is 3. The second-order valence-electron chi connectivity index (χ2n) is 7.08. The molecule has 2 aromatic heterocycles. The van der Waals surface area contributed by atoms with E-state index in [0.29, 0.717) is 0 Å². The van der Waals surface area contributed by atoms with Crippen LogP contribution in [0.5, 0.6) is 0 Å². The van der Waals surface area contributed by atoms with Crippen molar-refractivity contribution in [3.63, 3.8) is 0 Å². The smallest absolute Gasteiger partial charge is 0.278 e. The number of aromatic nitrogens is 4. The zero-order valence-corrected chi connectivity index (χ0v) is 15.3. The average Bonchev–Trinajstić information content (AvgIpc) is 3.26. The van der Waals surface area contributed by atoms with Crippen LogP contribution < -0.4 is 5.56 Å². The van der Waals surface area contributed by atoms with Crippen molar-refractivity contribution in [1.29, 1.82) is 0 Å². The van der Waals surface area contributed by atoms with Gasteiger partial charge in [0.1, 0.15) is 36.6 Å². The zero-order valence-electron chi connectivity index (χ0n) is 15.3. The third-order valence-corrected chi connectivity index (χ3v) is 5.23. The monoisotopic (exact) mass is 414 g/mol. The lowest BCUT2D eigenvalue weighted by Crippen LogP contribution is -2.58. The van der Waals surface area contributed by atoms with Gasteiger partial charge in [0.15, 0.2) is 23.7 Å². The SMILES string of the molecule is C[C@@H]1O[C@@H](O[C@@H]2[C@H](O)[C@@H](CO)O[C@H]2n2cnc3c(=O)[nH]cnc32)[C@@H](O)[C@H](O)[C@@H]1O. The number of rotatable bonds is 4. The van der Waals surface area contributed by atoms with Crippen molar-refractivity contribution in [2.24, 2.45) is 0 Å². The maximum absolute atomic E-state index is 11.9. The number of aliphatic hydroxyl groups excluding tert-OH is 5. The molecule has 0 bridgehead atoms. The quantitative estimate of drug-likeness (QED) is 0.292. The number of aromatic amines is 1. The van der Waals surface area contributed by atoms with Gasteiger partial charge in [-0.25, -0.2) is 9.97 Å². The molecule has 6 N–H and O–H groups in total. The van der Waals surface area contributed by atoms with Gasteiger partial charge in [0, 0.05) is 0 Å². The second-order valence-corrected chi connectivity index (χ2v) is 7.08. The maximum Gasteiger partial charge on any atom is 0.278 e. The Labute approximate surface area is 163 Å². The van der Waals surface area contributed by atoms with Gasteiger partial charge in [0.05, 0.1) is 25.4 Å². The fraction of sp³-hybridized carbons (Fsp3) is 0.688. The first-order valence-electron chi connectivity index (χ1n) is 9.03. The van der Waals surface area contributed by atoms with Gasteiger partial charge in [-0.05, 0) is 6.92 Å². The van der Waals surface area contributed by atoms with Crippen LogP contribution in [0.15, 0.2) is 17.4 Å². The Hall–Kier alpha value is -1.97. The first-order valence-corrected chi connectivity index (χ1v) is 9.03. The molecular weight excluding hydrogens is 392 g/mol. The molecule has 2 aromatic rings. The molecule has 2 saturated heterocycles. The van der Waals surface area contributed by atoms with Gasteiger partial charge in [0.2, 0.25) is 0 Å². The summed E-state index contributed by atoms with van der Waals surface area (Å²) in [5, 5.41) is 50.1. The van der Waals surface area contributed by atoms with E-state index in [1.807, 2.05) is 0 Å². The van der Waals surface area contributed by atoms with Crippen LogP contribution in [0.2, 0.25) is 0 Å². The van der Waals surface area contributed by atoms with E-state index in [9.17, 15) is 30.3 Å². The van der Waals surface area contributed by atoms with Gasteiger partial charge in [-0.1, -0.05) is 0 Å². The molecule has 29 heavy (non-hydrogen) atoms. The standard InChI is InChI=1S/C16H22N4O9/c1-5-8(22)10(24)11(25)16(27-5)29-12-9(23)6(2-21)28-15(12)20-4-19-7-13(20)17-3-18-14(7)26/h3-6,8-12,15-16,21-25H,2H2,1H3,(H,17,18,26)/t5-,6+,8+,9+,10+,11-,12+,15+,16-/m0/s1. The first-order chi connectivity index (χ1) is 13.8. The zero-order chi connectivity index (χ0) is 20.9. The summed E-state index contributed by atoms with van der Waals surface area (Å²) >= 11 is 0. The van der Waals surface area contributed by atoms with Crippen molar-refractivity contribution in [2.45, 2.75) is 62.2 Å². The van der Waals surface area contributed by atoms with Gasteiger partial charge < -0.3 is 44.7 Å². The van der Waals surface area contributed by atoms with E-state index in [1.54, 1.807) is 0 Å². The number of hydrogen-bond donors (Lipinski definition) is 6. The molecule has 0 spiro atoms.